The second-order valence-corrected chi connectivity index (χ2v) is 5.12. The Morgan fingerprint density at radius 1 is 0.950 bits per heavy atom. The van der Waals surface area contributed by atoms with E-state index in [-0.39, 0.29) is 12.2 Å². The minimum atomic E-state index is 0.113. The van der Waals surface area contributed by atoms with Crippen LogP contribution in [-0.4, -0.2) is 25.0 Å². The monoisotopic (exact) mass is 264 g/mol. The maximum Gasteiger partial charge on any atom is 0.146 e. The number of epoxide rings is 1. The first-order valence-corrected chi connectivity index (χ1v) is 7.01. The molecule has 0 unspecified atom stereocenters. The van der Waals surface area contributed by atoms with Gasteiger partial charge in [-0.05, 0) is 16.7 Å². The molecule has 2 heterocycles. The van der Waals surface area contributed by atoms with Crippen LogP contribution in [0.1, 0.15) is 11.7 Å². The highest BCUT2D eigenvalue weighted by Gasteiger charge is 2.45. The number of amidine groups is 1. The highest BCUT2D eigenvalue weighted by atomic mass is 16.6. The van der Waals surface area contributed by atoms with E-state index in [4.69, 9.17) is 4.74 Å². The summed E-state index contributed by atoms with van der Waals surface area (Å²) in [5.41, 5.74) is 3.73. The molecule has 0 radical (unpaired) electrons. The van der Waals surface area contributed by atoms with Crippen molar-refractivity contribution in [2.75, 3.05) is 13.1 Å². The van der Waals surface area contributed by atoms with E-state index in [2.05, 4.69) is 58.8 Å². The van der Waals surface area contributed by atoms with Crippen LogP contribution in [0.3, 0.4) is 0 Å². The van der Waals surface area contributed by atoms with Crippen LogP contribution in [0.4, 0.5) is 0 Å². The fraction of sp³-hybridized carbons (Fsp3) is 0.235. The number of benzene rings is 2. The van der Waals surface area contributed by atoms with Gasteiger partial charge >= 0.3 is 0 Å². The summed E-state index contributed by atoms with van der Waals surface area (Å²) in [6.07, 6.45) is 0.248. The standard InChI is InChI=1S/C17H16N2O/c1-2-6-12(7-3-1)13-8-4-5-9-14(13)15-16(20-15)17-18-10-11-19-17/h1-9,15-16H,10-11H2,(H,18,19)/t15-,16-/m0/s1. The average molecular weight is 264 g/mol. The van der Waals surface area contributed by atoms with Gasteiger partial charge in [-0.2, -0.15) is 0 Å². The van der Waals surface area contributed by atoms with Crippen molar-refractivity contribution < 1.29 is 4.74 Å². The lowest BCUT2D eigenvalue weighted by Crippen LogP contribution is -2.23. The predicted molar refractivity (Wildman–Crippen MR) is 79.8 cm³/mol. The van der Waals surface area contributed by atoms with Gasteiger partial charge in [0.15, 0.2) is 0 Å². The number of rotatable bonds is 3. The Kier molecular flexibility index (Phi) is 2.78. The van der Waals surface area contributed by atoms with E-state index in [0.29, 0.717) is 0 Å². The number of nitrogens with zero attached hydrogens (tertiary/aromatic N) is 1. The quantitative estimate of drug-likeness (QED) is 0.865. The molecule has 1 N–H and O–H groups in total. The summed E-state index contributed by atoms with van der Waals surface area (Å²) in [7, 11) is 0. The Hall–Kier alpha value is -2.13. The molecule has 3 nitrogen and oxygen atoms in total. The summed E-state index contributed by atoms with van der Waals surface area (Å²) in [6.45, 7) is 1.80. The Bertz CT molecular complexity index is 651. The molecule has 2 aliphatic rings. The Labute approximate surface area is 118 Å². The van der Waals surface area contributed by atoms with Gasteiger partial charge in [0.25, 0.3) is 0 Å². The Morgan fingerprint density at radius 2 is 1.75 bits per heavy atom. The lowest BCUT2D eigenvalue weighted by Gasteiger charge is -2.07. The van der Waals surface area contributed by atoms with Crippen LogP contribution in [0.15, 0.2) is 59.6 Å². The lowest BCUT2D eigenvalue weighted by molar-refractivity contribution is 0.399. The molecule has 2 aromatic rings. The zero-order chi connectivity index (χ0) is 13.4. The van der Waals surface area contributed by atoms with Crippen LogP contribution in [-0.2, 0) is 4.74 Å². The molecule has 0 amide bonds. The van der Waals surface area contributed by atoms with E-state index in [1.165, 1.54) is 16.7 Å². The molecule has 2 aromatic carbocycles. The van der Waals surface area contributed by atoms with Crippen molar-refractivity contribution in [1.29, 1.82) is 0 Å². The molecule has 2 aliphatic heterocycles. The van der Waals surface area contributed by atoms with E-state index < -0.39 is 0 Å². The van der Waals surface area contributed by atoms with Crippen molar-refractivity contribution in [2.24, 2.45) is 4.99 Å². The normalized spacial score (nSPS) is 24.1. The van der Waals surface area contributed by atoms with Gasteiger partial charge in [0.05, 0.1) is 6.54 Å². The van der Waals surface area contributed by atoms with Gasteiger partial charge < -0.3 is 10.1 Å². The molecule has 0 bridgehead atoms. The lowest BCUT2D eigenvalue weighted by atomic mass is 9.96. The van der Waals surface area contributed by atoms with E-state index >= 15 is 0 Å². The molecule has 0 spiro atoms. The molecular formula is C17H16N2O. The zero-order valence-electron chi connectivity index (χ0n) is 11.1. The van der Waals surface area contributed by atoms with Crippen molar-refractivity contribution in [3.05, 3.63) is 60.2 Å². The van der Waals surface area contributed by atoms with Crippen molar-refractivity contribution in [1.82, 2.24) is 5.32 Å². The second-order valence-electron chi connectivity index (χ2n) is 5.12. The van der Waals surface area contributed by atoms with Gasteiger partial charge in [-0.1, -0.05) is 54.6 Å². The molecule has 0 aromatic heterocycles. The van der Waals surface area contributed by atoms with E-state index in [0.717, 1.165) is 18.9 Å². The molecule has 2 atom stereocenters. The van der Waals surface area contributed by atoms with E-state index in [9.17, 15) is 0 Å². The van der Waals surface area contributed by atoms with Crippen molar-refractivity contribution >= 4 is 5.84 Å². The summed E-state index contributed by atoms with van der Waals surface area (Å²) in [4.78, 5) is 4.46. The van der Waals surface area contributed by atoms with Gasteiger partial charge in [0.1, 0.15) is 18.0 Å². The van der Waals surface area contributed by atoms with E-state index in [1.54, 1.807) is 0 Å². The second kappa shape index (κ2) is 4.76. The summed E-state index contributed by atoms with van der Waals surface area (Å²) in [5.74, 6) is 1.01. The fourth-order valence-electron chi connectivity index (χ4n) is 2.79. The van der Waals surface area contributed by atoms with Gasteiger partial charge in [0, 0.05) is 6.54 Å². The number of hydrogen-bond acceptors (Lipinski definition) is 3. The van der Waals surface area contributed by atoms with Crippen molar-refractivity contribution in [3.63, 3.8) is 0 Å². The van der Waals surface area contributed by atoms with Crippen LogP contribution in [0.25, 0.3) is 11.1 Å². The van der Waals surface area contributed by atoms with Crippen LogP contribution in [0.2, 0.25) is 0 Å². The minimum Gasteiger partial charge on any atom is -0.370 e. The highest BCUT2D eigenvalue weighted by molar-refractivity contribution is 5.91. The van der Waals surface area contributed by atoms with Crippen molar-refractivity contribution in [3.8, 4) is 11.1 Å². The minimum absolute atomic E-state index is 0.113. The zero-order valence-corrected chi connectivity index (χ0v) is 11.1. The summed E-state index contributed by atoms with van der Waals surface area (Å²) in [6, 6.07) is 18.9. The highest BCUT2D eigenvalue weighted by Crippen LogP contribution is 2.43. The fourth-order valence-corrected chi connectivity index (χ4v) is 2.79. The third-order valence-electron chi connectivity index (χ3n) is 3.81. The number of ether oxygens (including phenoxy) is 1. The first-order valence-electron chi connectivity index (χ1n) is 7.01. The summed E-state index contributed by atoms with van der Waals surface area (Å²) in [5, 5.41) is 3.30. The smallest absolute Gasteiger partial charge is 0.146 e. The number of aliphatic imine (C=N–C) groups is 1. The first kappa shape index (κ1) is 11.7. The van der Waals surface area contributed by atoms with Gasteiger partial charge in [-0.15, -0.1) is 0 Å². The average Bonchev–Trinajstić information content (AvgIpc) is 3.13. The van der Waals surface area contributed by atoms with Gasteiger partial charge in [-0.3, -0.25) is 4.99 Å². The number of hydrogen-bond donors (Lipinski definition) is 1. The molecule has 100 valence electrons. The van der Waals surface area contributed by atoms with Crippen LogP contribution < -0.4 is 5.32 Å². The molecule has 1 fully saturated rings. The SMILES string of the molecule is c1ccc(-c2ccccc2[C@@H]2O[C@@H]2C2=NCCN2)cc1. The topological polar surface area (TPSA) is 36.9 Å². The molecule has 0 saturated carbocycles. The number of nitrogens with one attached hydrogen (secondary N) is 1. The van der Waals surface area contributed by atoms with E-state index in [1.807, 2.05) is 6.07 Å². The molecular weight excluding hydrogens is 248 g/mol. The van der Waals surface area contributed by atoms with Crippen LogP contribution in [0.5, 0.6) is 0 Å². The van der Waals surface area contributed by atoms with Gasteiger partial charge in [-0.25, -0.2) is 0 Å². The Morgan fingerprint density at radius 3 is 2.55 bits per heavy atom. The molecule has 20 heavy (non-hydrogen) atoms. The molecule has 4 rings (SSSR count). The van der Waals surface area contributed by atoms with Crippen LogP contribution in [0, 0.1) is 0 Å². The maximum absolute atomic E-state index is 5.86. The van der Waals surface area contributed by atoms with Gasteiger partial charge in [0.2, 0.25) is 0 Å². The molecule has 3 heteroatoms. The maximum atomic E-state index is 5.86. The van der Waals surface area contributed by atoms with Crippen molar-refractivity contribution in [2.45, 2.75) is 12.2 Å². The third kappa shape index (κ3) is 2.00. The van der Waals surface area contributed by atoms with Crippen LogP contribution >= 0.6 is 0 Å². The summed E-state index contributed by atoms with van der Waals surface area (Å²) < 4.78 is 5.86. The molecule has 0 aliphatic carbocycles. The molecule has 1 saturated heterocycles. The first-order chi connectivity index (χ1) is 9.93. The third-order valence-corrected chi connectivity index (χ3v) is 3.81. The Balaban J connectivity index is 1.67. The largest absolute Gasteiger partial charge is 0.370 e. The summed E-state index contributed by atoms with van der Waals surface area (Å²) >= 11 is 0. The predicted octanol–water partition coefficient (Wildman–Crippen LogP) is 2.80.